The van der Waals surface area contributed by atoms with Crippen molar-refractivity contribution in [3.8, 4) is 0 Å². The normalized spacial score (nSPS) is 50.3. The van der Waals surface area contributed by atoms with Crippen LogP contribution in [0.3, 0.4) is 0 Å². The summed E-state index contributed by atoms with van der Waals surface area (Å²) in [6, 6.07) is 0. The summed E-state index contributed by atoms with van der Waals surface area (Å²) in [5, 5.41) is 55.3. The monoisotopic (exact) mass is 508 g/mol. The number of aliphatic hydroxyl groups is 4. The van der Waals surface area contributed by atoms with Crippen LogP contribution in [-0.4, -0.2) is 55.2 Å². The Kier molecular flexibility index (Phi) is 6.93. The number of rotatable bonds is 5. The van der Waals surface area contributed by atoms with Crippen LogP contribution in [0.15, 0.2) is 12.2 Å². The molecule has 0 aromatic rings. The van der Waals surface area contributed by atoms with Crippen LogP contribution >= 0.6 is 0 Å². The molecule has 0 unspecified atom stereocenters. The topological polar surface area (TPSA) is 110 Å². The third kappa shape index (κ3) is 3.88. The molecule has 4 aliphatic carbocycles. The largest absolute Gasteiger partial charge is 0.393 e. The first-order chi connectivity index (χ1) is 16.4. The maximum atomic E-state index is 11.9. The zero-order chi connectivity index (χ0) is 27.1. The molecule has 0 amide bonds. The van der Waals surface area contributed by atoms with Gasteiger partial charge in [-0.3, -0.25) is 5.26 Å². The molecule has 0 saturated heterocycles. The maximum Gasteiger partial charge on any atom is 0.116 e. The first kappa shape index (κ1) is 28.5. The minimum absolute atomic E-state index is 0.0575. The van der Waals surface area contributed by atoms with Gasteiger partial charge in [-0.25, -0.2) is 4.89 Å². The van der Waals surface area contributed by atoms with Gasteiger partial charge in [0.05, 0.1) is 23.9 Å². The van der Waals surface area contributed by atoms with Crippen molar-refractivity contribution in [2.45, 2.75) is 130 Å². The van der Waals surface area contributed by atoms with Crippen LogP contribution in [0.4, 0.5) is 0 Å². The van der Waals surface area contributed by atoms with Gasteiger partial charge in [-0.2, -0.15) is 0 Å². The molecule has 0 aliphatic heterocycles. The number of hydrogen-bond donors (Lipinski definition) is 5. The molecule has 0 radical (unpaired) electrons. The van der Waals surface area contributed by atoms with Gasteiger partial charge in [0.1, 0.15) is 5.60 Å². The SMILES string of the molecule is CC(C)(/C=C/C[C@](C)(O)[C@H]1CC[C@]2(C)[C@@H]1[C@H](O)[C@@H](O)[C@@H]1[C@@]3(C)CC[C@@H](O)C(C)(C)[C@@H]3CC[C@]12C)OO. The van der Waals surface area contributed by atoms with Crippen molar-refractivity contribution in [1.82, 2.24) is 0 Å². The van der Waals surface area contributed by atoms with Gasteiger partial charge in [0, 0.05) is 0 Å². The van der Waals surface area contributed by atoms with Gasteiger partial charge >= 0.3 is 0 Å². The second kappa shape index (κ2) is 8.76. The molecular formula is C30H52O6. The van der Waals surface area contributed by atoms with Crippen molar-refractivity contribution in [2.75, 3.05) is 0 Å². The molecule has 0 aromatic heterocycles. The highest BCUT2D eigenvalue weighted by atomic mass is 17.1. The molecule has 0 aromatic carbocycles. The molecule has 4 aliphatic rings. The minimum atomic E-state index is -1.06. The summed E-state index contributed by atoms with van der Waals surface area (Å²) in [4.78, 5) is 4.50. The van der Waals surface area contributed by atoms with E-state index >= 15 is 0 Å². The van der Waals surface area contributed by atoms with E-state index in [-0.39, 0.29) is 51.4 Å². The first-order valence-electron chi connectivity index (χ1n) is 14.2. The third-order valence-corrected chi connectivity index (χ3v) is 12.5. The summed E-state index contributed by atoms with van der Waals surface area (Å²) in [5.41, 5.74) is -2.67. The molecule has 6 heteroatoms. The molecule has 36 heavy (non-hydrogen) atoms. The molecule has 6 nitrogen and oxygen atoms in total. The van der Waals surface area contributed by atoms with Crippen LogP contribution in [0, 0.1) is 45.3 Å². The summed E-state index contributed by atoms with van der Waals surface area (Å²) in [6.45, 7) is 16.7. The summed E-state index contributed by atoms with van der Waals surface area (Å²) in [5.74, 6) is -0.126. The van der Waals surface area contributed by atoms with Crippen molar-refractivity contribution >= 4 is 0 Å². The fourth-order valence-corrected chi connectivity index (χ4v) is 10.3. The number of hydrogen-bond acceptors (Lipinski definition) is 6. The standard InChI is InChI=1S/C30H52O6/c1-25(2,36-35)13-9-14-30(8,34)18-10-16-28(6)21(18)22(32)23(33)24-27(5)15-12-20(31)26(3,4)19(27)11-17-29(24,28)7/h9,13,18-24,31-35H,10-12,14-17H2,1-8H3/b13-9+/t18-,19-,20+,21-,22-,23+,24+,27-,28+,29+,30-/m0/s1. The lowest BCUT2D eigenvalue weighted by Gasteiger charge is -2.71. The Hall–Kier alpha value is -0.500. The highest BCUT2D eigenvalue weighted by molar-refractivity contribution is 5.22. The van der Waals surface area contributed by atoms with Gasteiger partial charge < -0.3 is 20.4 Å². The van der Waals surface area contributed by atoms with Crippen molar-refractivity contribution in [3.05, 3.63) is 12.2 Å². The molecule has 0 spiro atoms. The third-order valence-electron chi connectivity index (χ3n) is 12.5. The van der Waals surface area contributed by atoms with E-state index in [1.54, 1.807) is 19.9 Å². The minimum Gasteiger partial charge on any atom is -0.393 e. The lowest BCUT2D eigenvalue weighted by molar-refractivity contribution is -0.297. The lowest BCUT2D eigenvalue weighted by atomic mass is 9.34. The first-order valence-corrected chi connectivity index (χ1v) is 14.2. The van der Waals surface area contributed by atoms with E-state index in [1.807, 2.05) is 13.0 Å². The van der Waals surface area contributed by atoms with Crippen LogP contribution in [-0.2, 0) is 4.89 Å². The lowest BCUT2D eigenvalue weighted by Crippen LogP contribution is -2.71. The average Bonchev–Trinajstić information content (AvgIpc) is 3.15. The Bertz CT molecular complexity index is 866. The molecule has 5 N–H and O–H groups in total. The van der Waals surface area contributed by atoms with Crippen LogP contribution < -0.4 is 0 Å². The van der Waals surface area contributed by atoms with Crippen molar-refractivity contribution in [2.24, 2.45) is 45.3 Å². The molecule has 0 bridgehead atoms. The van der Waals surface area contributed by atoms with Gasteiger partial charge in [-0.1, -0.05) is 46.8 Å². The molecule has 4 rings (SSSR count). The zero-order valence-electron chi connectivity index (χ0n) is 23.8. The quantitative estimate of drug-likeness (QED) is 0.204. The van der Waals surface area contributed by atoms with Gasteiger partial charge in [0.25, 0.3) is 0 Å². The van der Waals surface area contributed by atoms with E-state index in [0.29, 0.717) is 6.42 Å². The summed E-state index contributed by atoms with van der Waals surface area (Å²) in [7, 11) is 0. The van der Waals surface area contributed by atoms with Crippen LogP contribution in [0.1, 0.15) is 100 Å². The van der Waals surface area contributed by atoms with Crippen LogP contribution in [0.2, 0.25) is 0 Å². The van der Waals surface area contributed by atoms with Crippen molar-refractivity contribution in [1.29, 1.82) is 0 Å². The summed E-state index contributed by atoms with van der Waals surface area (Å²) in [6.07, 6.45) is 7.16. The van der Waals surface area contributed by atoms with Crippen molar-refractivity contribution in [3.63, 3.8) is 0 Å². The molecule has 11 atom stereocenters. The predicted molar refractivity (Wildman–Crippen MR) is 140 cm³/mol. The van der Waals surface area contributed by atoms with Gasteiger partial charge in [0.2, 0.25) is 0 Å². The van der Waals surface area contributed by atoms with E-state index < -0.39 is 23.4 Å². The predicted octanol–water partition coefficient (Wildman–Crippen LogP) is 4.94. The molecule has 4 fully saturated rings. The fraction of sp³-hybridized carbons (Fsp3) is 0.933. The fourth-order valence-electron chi connectivity index (χ4n) is 10.3. The second-order valence-corrected chi connectivity index (χ2v) is 15.1. The highest BCUT2D eigenvalue weighted by Gasteiger charge is 2.73. The smallest absolute Gasteiger partial charge is 0.116 e. The Morgan fingerprint density at radius 2 is 1.47 bits per heavy atom. The van der Waals surface area contributed by atoms with Crippen LogP contribution in [0.25, 0.3) is 0 Å². The van der Waals surface area contributed by atoms with Gasteiger partial charge in [-0.05, 0) is 111 Å². The van der Waals surface area contributed by atoms with E-state index in [2.05, 4.69) is 39.5 Å². The van der Waals surface area contributed by atoms with Gasteiger partial charge in [0.15, 0.2) is 0 Å². The Morgan fingerprint density at radius 3 is 2.08 bits per heavy atom. The van der Waals surface area contributed by atoms with Crippen molar-refractivity contribution < 1.29 is 30.6 Å². The van der Waals surface area contributed by atoms with E-state index in [1.165, 1.54) is 0 Å². The molecule has 4 saturated carbocycles. The molecule has 208 valence electrons. The Balaban J connectivity index is 1.69. The zero-order valence-corrected chi connectivity index (χ0v) is 23.8. The van der Waals surface area contributed by atoms with E-state index in [4.69, 9.17) is 5.26 Å². The number of fused-ring (bicyclic) bond motifs is 5. The second-order valence-electron chi connectivity index (χ2n) is 15.1. The van der Waals surface area contributed by atoms with Crippen LogP contribution in [0.5, 0.6) is 0 Å². The summed E-state index contributed by atoms with van der Waals surface area (Å²) < 4.78 is 0. The number of aliphatic hydroxyl groups excluding tert-OH is 3. The van der Waals surface area contributed by atoms with E-state index in [9.17, 15) is 20.4 Å². The molecule has 0 heterocycles. The summed E-state index contributed by atoms with van der Waals surface area (Å²) >= 11 is 0. The van der Waals surface area contributed by atoms with Gasteiger partial charge in [-0.15, -0.1) is 0 Å². The maximum absolute atomic E-state index is 11.9. The molecular weight excluding hydrogens is 456 g/mol. The Labute approximate surface area is 218 Å². The van der Waals surface area contributed by atoms with E-state index in [0.717, 1.165) is 38.5 Å². The Morgan fingerprint density at radius 1 is 0.861 bits per heavy atom. The average molecular weight is 509 g/mol. The highest BCUT2D eigenvalue weighted by Crippen LogP contribution is 2.75.